The summed E-state index contributed by atoms with van der Waals surface area (Å²) in [4.78, 5) is 19.9. The Morgan fingerprint density at radius 1 is 1.44 bits per heavy atom. The van der Waals surface area contributed by atoms with E-state index in [1.807, 2.05) is 6.92 Å². The predicted molar refractivity (Wildman–Crippen MR) is 54.8 cm³/mol. The summed E-state index contributed by atoms with van der Waals surface area (Å²) in [6.45, 7) is 3.57. The molecule has 0 aliphatic heterocycles. The van der Waals surface area contributed by atoms with Gasteiger partial charge in [-0.05, 0) is 6.42 Å². The van der Waals surface area contributed by atoms with Crippen molar-refractivity contribution in [3.8, 4) is 0 Å². The van der Waals surface area contributed by atoms with Crippen LogP contribution in [0.1, 0.15) is 20.3 Å². The SMILES string of the molecule is CCC(C)C(=O)OCCOCP(=O)(O)OO. The molecule has 16 heavy (non-hydrogen) atoms. The minimum atomic E-state index is -4.07. The van der Waals surface area contributed by atoms with Gasteiger partial charge in [0.1, 0.15) is 6.61 Å². The van der Waals surface area contributed by atoms with Crippen LogP contribution in [0.5, 0.6) is 0 Å². The van der Waals surface area contributed by atoms with Gasteiger partial charge in [-0.2, -0.15) is 4.67 Å². The lowest BCUT2D eigenvalue weighted by molar-refractivity contribution is -0.152. The van der Waals surface area contributed by atoms with E-state index < -0.39 is 13.9 Å². The number of carbonyl (C=O) groups is 1. The first-order valence-corrected chi connectivity index (χ1v) is 6.58. The Kier molecular flexibility index (Phi) is 7.53. The molecule has 0 saturated carbocycles. The van der Waals surface area contributed by atoms with Crippen molar-refractivity contribution < 1.29 is 33.7 Å². The highest BCUT2D eigenvalue weighted by molar-refractivity contribution is 7.52. The number of ether oxygens (including phenoxy) is 2. The Labute approximate surface area is 93.8 Å². The molecule has 0 aliphatic rings. The average Bonchev–Trinajstić information content (AvgIpc) is 2.27. The van der Waals surface area contributed by atoms with Gasteiger partial charge in [0, 0.05) is 0 Å². The average molecular weight is 256 g/mol. The fourth-order valence-electron chi connectivity index (χ4n) is 0.714. The van der Waals surface area contributed by atoms with E-state index in [2.05, 4.69) is 9.41 Å². The van der Waals surface area contributed by atoms with Crippen molar-refractivity contribution in [2.75, 3.05) is 19.6 Å². The molecule has 0 amide bonds. The Morgan fingerprint density at radius 2 is 2.06 bits per heavy atom. The van der Waals surface area contributed by atoms with Crippen LogP contribution in [0.2, 0.25) is 0 Å². The van der Waals surface area contributed by atoms with E-state index in [1.54, 1.807) is 6.92 Å². The fraction of sp³-hybridized carbons (Fsp3) is 0.875. The van der Waals surface area contributed by atoms with Gasteiger partial charge in [0.15, 0.2) is 6.35 Å². The van der Waals surface area contributed by atoms with Crippen LogP contribution in [0.25, 0.3) is 0 Å². The van der Waals surface area contributed by atoms with Crippen molar-refractivity contribution in [1.29, 1.82) is 0 Å². The van der Waals surface area contributed by atoms with E-state index in [9.17, 15) is 9.36 Å². The standard InChI is InChI=1S/C8H17O7P/c1-3-7(2)8(9)14-5-4-13-6-16(11,12)15-10/h7,10H,3-6H2,1-2H3,(H,11,12). The maximum atomic E-state index is 11.1. The van der Waals surface area contributed by atoms with Crippen molar-refractivity contribution in [2.45, 2.75) is 20.3 Å². The second kappa shape index (κ2) is 7.76. The molecule has 7 nitrogen and oxygen atoms in total. The van der Waals surface area contributed by atoms with Gasteiger partial charge in [-0.25, -0.2) is 5.26 Å². The number of carbonyl (C=O) groups excluding carboxylic acids is 1. The molecular formula is C8H17O7P. The topological polar surface area (TPSA) is 102 Å². The molecule has 96 valence electrons. The summed E-state index contributed by atoms with van der Waals surface area (Å²) in [5.41, 5.74) is 0. The van der Waals surface area contributed by atoms with E-state index in [0.717, 1.165) is 0 Å². The molecule has 0 heterocycles. The Hall–Kier alpha value is -0.460. The van der Waals surface area contributed by atoms with Crippen molar-refractivity contribution >= 4 is 13.6 Å². The first-order chi connectivity index (χ1) is 7.43. The van der Waals surface area contributed by atoms with Gasteiger partial charge >= 0.3 is 13.6 Å². The lowest BCUT2D eigenvalue weighted by Crippen LogP contribution is -2.17. The molecule has 0 aromatic heterocycles. The molecule has 0 saturated heterocycles. The molecule has 0 aliphatic carbocycles. The highest BCUT2D eigenvalue weighted by Gasteiger charge is 2.19. The van der Waals surface area contributed by atoms with Gasteiger partial charge in [-0.15, -0.1) is 0 Å². The Morgan fingerprint density at radius 3 is 2.56 bits per heavy atom. The number of hydrogen-bond donors (Lipinski definition) is 2. The van der Waals surface area contributed by atoms with Crippen LogP contribution in [0.15, 0.2) is 0 Å². The van der Waals surface area contributed by atoms with Crippen LogP contribution in [-0.4, -0.2) is 35.7 Å². The second-order valence-electron chi connectivity index (χ2n) is 3.23. The van der Waals surface area contributed by atoms with Crippen LogP contribution >= 0.6 is 7.60 Å². The lowest BCUT2D eigenvalue weighted by atomic mass is 10.1. The molecule has 8 heteroatoms. The van der Waals surface area contributed by atoms with Crippen LogP contribution in [-0.2, 0) is 23.5 Å². The van der Waals surface area contributed by atoms with Gasteiger partial charge in [-0.3, -0.25) is 9.36 Å². The minimum absolute atomic E-state index is 0.00536. The molecule has 0 aromatic carbocycles. The smallest absolute Gasteiger partial charge is 0.380 e. The van der Waals surface area contributed by atoms with Crippen molar-refractivity contribution in [3.05, 3.63) is 0 Å². The summed E-state index contributed by atoms with van der Waals surface area (Å²) < 4.78 is 23.5. The zero-order valence-corrected chi connectivity index (χ0v) is 10.2. The number of rotatable bonds is 8. The van der Waals surface area contributed by atoms with E-state index in [1.165, 1.54) is 0 Å². The maximum Gasteiger partial charge on any atom is 0.380 e. The Balaban J connectivity index is 3.55. The van der Waals surface area contributed by atoms with Crippen LogP contribution in [0.4, 0.5) is 0 Å². The molecule has 0 fully saturated rings. The van der Waals surface area contributed by atoms with Gasteiger partial charge in [-0.1, -0.05) is 13.8 Å². The number of esters is 1. The summed E-state index contributed by atoms with van der Waals surface area (Å²) in [6, 6.07) is 0. The minimum Gasteiger partial charge on any atom is -0.463 e. The summed E-state index contributed by atoms with van der Waals surface area (Å²) in [6.07, 6.45) is 0.0360. The van der Waals surface area contributed by atoms with Gasteiger partial charge in [0.05, 0.1) is 12.5 Å². The molecule has 2 atom stereocenters. The second-order valence-corrected chi connectivity index (χ2v) is 4.93. The molecular weight excluding hydrogens is 239 g/mol. The van der Waals surface area contributed by atoms with Crippen LogP contribution in [0.3, 0.4) is 0 Å². The molecule has 2 unspecified atom stereocenters. The van der Waals surface area contributed by atoms with Gasteiger partial charge in [0.2, 0.25) is 0 Å². The molecule has 2 N–H and O–H groups in total. The summed E-state index contributed by atoms with van der Waals surface area (Å²) in [5.74, 6) is -0.513. The van der Waals surface area contributed by atoms with Crippen LogP contribution < -0.4 is 0 Å². The van der Waals surface area contributed by atoms with Crippen molar-refractivity contribution in [1.82, 2.24) is 0 Å². The third-order valence-electron chi connectivity index (χ3n) is 1.87. The fourth-order valence-corrected chi connectivity index (χ4v) is 1.12. The molecule has 0 rings (SSSR count). The maximum absolute atomic E-state index is 11.1. The number of hydrogen-bond acceptors (Lipinski definition) is 6. The largest absolute Gasteiger partial charge is 0.463 e. The van der Waals surface area contributed by atoms with E-state index >= 15 is 0 Å². The zero-order chi connectivity index (χ0) is 12.6. The van der Waals surface area contributed by atoms with Gasteiger partial charge < -0.3 is 14.4 Å². The Bertz CT molecular complexity index is 255. The molecule has 0 aromatic rings. The summed E-state index contributed by atoms with van der Waals surface area (Å²) in [7, 11) is -4.07. The van der Waals surface area contributed by atoms with Crippen LogP contribution in [0, 0.1) is 5.92 Å². The highest BCUT2D eigenvalue weighted by Crippen LogP contribution is 2.39. The highest BCUT2D eigenvalue weighted by atomic mass is 31.2. The third kappa shape index (κ3) is 6.92. The molecule has 0 radical (unpaired) electrons. The summed E-state index contributed by atoms with van der Waals surface area (Å²) in [5, 5.41) is 7.97. The normalized spacial score (nSPS) is 16.5. The first-order valence-electron chi connectivity index (χ1n) is 4.82. The quantitative estimate of drug-likeness (QED) is 0.221. The van der Waals surface area contributed by atoms with Crippen molar-refractivity contribution in [3.63, 3.8) is 0 Å². The predicted octanol–water partition coefficient (Wildman–Crippen LogP) is 1.22. The van der Waals surface area contributed by atoms with E-state index in [-0.39, 0.29) is 25.1 Å². The summed E-state index contributed by atoms with van der Waals surface area (Å²) >= 11 is 0. The van der Waals surface area contributed by atoms with Gasteiger partial charge in [0.25, 0.3) is 0 Å². The third-order valence-corrected chi connectivity index (χ3v) is 2.63. The van der Waals surface area contributed by atoms with E-state index in [0.29, 0.717) is 6.42 Å². The molecule has 0 bridgehead atoms. The lowest BCUT2D eigenvalue weighted by Gasteiger charge is -2.10. The van der Waals surface area contributed by atoms with Crippen molar-refractivity contribution in [2.24, 2.45) is 5.92 Å². The zero-order valence-electron chi connectivity index (χ0n) is 9.29. The monoisotopic (exact) mass is 256 g/mol. The first kappa shape index (κ1) is 15.5. The van der Waals surface area contributed by atoms with E-state index in [4.69, 9.17) is 14.9 Å². The molecule has 0 spiro atoms.